The molecule has 8 nitrogen and oxygen atoms in total. The lowest BCUT2D eigenvalue weighted by Gasteiger charge is -2.13. The SMILES string of the molecule is CC(=O)Nc1cccc(-n2c(SC(C)c3nc(C(C)C)no3)nnc2C2CC2)c1. The molecule has 1 unspecified atom stereocenters. The molecule has 152 valence electrons. The lowest BCUT2D eigenvalue weighted by atomic mass is 10.2. The Hall–Kier alpha value is -2.68. The minimum absolute atomic E-state index is 0.0662. The molecule has 1 amide bonds. The van der Waals surface area contributed by atoms with E-state index in [2.05, 4.69) is 30.2 Å². The van der Waals surface area contributed by atoms with Crippen LogP contribution < -0.4 is 5.32 Å². The summed E-state index contributed by atoms with van der Waals surface area (Å²) < 4.78 is 7.52. The number of anilines is 1. The molecule has 1 aliphatic rings. The number of thioether (sulfide) groups is 1. The van der Waals surface area contributed by atoms with Crippen molar-refractivity contribution in [3.63, 3.8) is 0 Å². The summed E-state index contributed by atoms with van der Waals surface area (Å²) >= 11 is 1.53. The third-order valence-electron chi connectivity index (χ3n) is 4.63. The quantitative estimate of drug-likeness (QED) is 0.572. The van der Waals surface area contributed by atoms with E-state index in [9.17, 15) is 4.79 Å². The zero-order valence-electron chi connectivity index (χ0n) is 16.9. The predicted octanol–water partition coefficient (Wildman–Crippen LogP) is 4.46. The van der Waals surface area contributed by atoms with Gasteiger partial charge in [0.25, 0.3) is 0 Å². The second-order valence-corrected chi connectivity index (χ2v) is 8.90. The first kappa shape index (κ1) is 19.6. The summed E-state index contributed by atoms with van der Waals surface area (Å²) in [7, 11) is 0. The zero-order chi connectivity index (χ0) is 20.5. The topological polar surface area (TPSA) is 98.7 Å². The van der Waals surface area contributed by atoms with Crippen molar-refractivity contribution in [2.45, 2.75) is 62.8 Å². The van der Waals surface area contributed by atoms with Gasteiger partial charge in [-0.1, -0.05) is 36.8 Å². The van der Waals surface area contributed by atoms with Gasteiger partial charge >= 0.3 is 0 Å². The van der Waals surface area contributed by atoms with E-state index < -0.39 is 0 Å². The highest BCUT2D eigenvalue weighted by Gasteiger charge is 2.32. The van der Waals surface area contributed by atoms with Crippen LogP contribution in [0.5, 0.6) is 0 Å². The molecule has 0 saturated heterocycles. The molecule has 3 aromatic rings. The average Bonchev–Trinajstić information content (AvgIpc) is 3.23. The van der Waals surface area contributed by atoms with E-state index in [4.69, 9.17) is 4.52 Å². The molecule has 0 bridgehead atoms. The van der Waals surface area contributed by atoms with Gasteiger partial charge in [0.05, 0.1) is 10.9 Å². The maximum absolute atomic E-state index is 11.4. The normalized spacial score (nSPS) is 14.9. The summed E-state index contributed by atoms with van der Waals surface area (Å²) in [6.07, 6.45) is 2.23. The Morgan fingerprint density at radius 3 is 2.72 bits per heavy atom. The van der Waals surface area contributed by atoms with Crippen LogP contribution in [0.2, 0.25) is 0 Å². The van der Waals surface area contributed by atoms with Gasteiger partial charge in [-0.25, -0.2) is 0 Å². The van der Waals surface area contributed by atoms with Crippen LogP contribution in [0.25, 0.3) is 5.69 Å². The van der Waals surface area contributed by atoms with Crippen molar-refractivity contribution in [2.24, 2.45) is 0 Å². The Bertz CT molecular complexity index is 1020. The molecule has 0 aliphatic heterocycles. The van der Waals surface area contributed by atoms with Gasteiger partial charge in [-0.05, 0) is 38.0 Å². The number of carbonyl (C=O) groups excluding carboxylic acids is 1. The number of carbonyl (C=O) groups is 1. The van der Waals surface area contributed by atoms with Gasteiger partial charge in [-0.2, -0.15) is 4.98 Å². The first-order chi connectivity index (χ1) is 13.9. The fraction of sp³-hybridized carbons (Fsp3) is 0.450. The minimum atomic E-state index is -0.103. The van der Waals surface area contributed by atoms with Crippen molar-refractivity contribution < 1.29 is 9.32 Å². The molecule has 1 aromatic carbocycles. The summed E-state index contributed by atoms with van der Waals surface area (Å²) in [5, 5.41) is 16.5. The molecule has 0 radical (unpaired) electrons. The molecule has 1 atom stereocenters. The van der Waals surface area contributed by atoms with Crippen molar-refractivity contribution in [1.82, 2.24) is 24.9 Å². The smallest absolute Gasteiger partial charge is 0.239 e. The van der Waals surface area contributed by atoms with E-state index in [1.165, 1.54) is 18.7 Å². The summed E-state index contributed by atoms with van der Waals surface area (Å²) in [5.41, 5.74) is 1.67. The number of amides is 1. The third-order valence-corrected chi connectivity index (χ3v) is 5.66. The minimum Gasteiger partial charge on any atom is -0.338 e. The summed E-state index contributed by atoms with van der Waals surface area (Å²) in [6, 6.07) is 7.73. The molecule has 2 heterocycles. The van der Waals surface area contributed by atoms with Gasteiger partial charge in [0.1, 0.15) is 5.82 Å². The van der Waals surface area contributed by atoms with Crippen molar-refractivity contribution in [3.8, 4) is 5.69 Å². The van der Waals surface area contributed by atoms with Crippen LogP contribution in [0.15, 0.2) is 33.9 Å². The Labute approximate surface area is 173 Å². The lowest BCUT2D eigenvalue weighted by Crippen LogP contribution is -2.07. The third kappa shape index (κ3) is 4.34. The number of hydrogen-bond donors (Lipinski definition) is 1. The van der Waals surface area contributed by atoms with E-state index in [0.29, 0.717) is 17.6 Å². The molecule has 29 heavy (non-hydrogen) atoms. The standard InChI is InChI=1S/C20H24N6O2S/c1-11(2)17-22-19(28-25-17)12(3)29-20-24-23-18(14-8-9-14)26(20)16-7-5-6-15(10-16)21-13(4)27/h5-7,10-12,14H,8-9H2,1-4H3,(H,21,27). The van der Waals surface area contributed by atoms with E-state index in [1.54, 1.807) is 0 Å². The van der Waals surface area contributed by atoms with Gasteiger partial charge in [-0.3, -0.25) is 9.36 Å². The van der Waals surface area contributed by atoms with Crippen LogP contribution in [0, 0.1) is 0 Å². The maximum atomic E-state index is 11.4. The fourth-order valence-electron chi connectivity index (χ4n) is 2.99. The Morgan fingerprint density at radius 1 is 1.28 bits per heavy atom. The van der Waals surface area contributed by atoms with Crippen LogP contribution in [0.1, 0.15) is 75.2 Å². The van der Waals surface area contributed by atoms with E-state index >= 15 is 0 Å². The number of rotatable bonds is 7. The number of nitrogens with one attached hydrogen (secondary N) is 1. The zero-order valence-corrected chi connectivity index (χ0v) is 17.7. The van der Waals surface area contributed by atoms with Gasteiger partial charge in [0.2, 0.25) is 11.8 Å². The van der Waals surface area contributed by atoms with Crippen molar-refractivity contribution in [3.05, 3.63) is 41.8 Å². The van der Waals surface area contributed by atoms with Crippen LogP contribution in [-0.2, 0) is 4.79 Å². The monoisotopic (exact) mass is 412 g/mol. The maximum Gasteiger partial charge on any atom is 0.239 e. The molecule has 1 saturated carbocycles. The first-order valence-corrected chi connectivity index (χ1v) is 10.6. The number of nitrogens with zero attached hydrogens (tertiary/aromatic N) is 5. The fourth-order valence-corrected chi connectivity index (χ4v) is 3.89. The highest BCUT2D eigenvalue weighted by atomic mass is 32.2. The predicted molar refractivity (Wildman–Crippen MR) is 110 cm³/mol. The van der Waals surface area contributed by atoms with Crippen molar-refractivity contribution >= 4 is 23.4 Å². The molecule has 2 aromatic heterocycles. The van der Waals surface area contributed by atoms with Crippen LogP contribution in [0.3, 0.4) is 0 Å². The molecular weight excluding hydrogens is 388 g/mol. The van der Waals surface area contributed by atoms with Crippen LogP contribution in [-0.4, -0.2) is 30.8 Å². The van der Waals surface area contributed by atoms with Gasteiger partial charge < -0.3 is 9.84 Å². The van der Waals surface area contributed by atoms with E-state index in [-0.39, 0.29) is 17.1 Å². The second-order valence-electron chi connectivity index (χ2n) is 7.59. The van der Waals surface area contributed by atoms with Gasteiger partial charge in [0.15, 0.2) is 11.0 Å². The molecule has 0 spiro atoms. The molecule has 1 fully saturated rings. The Kier molecular flexibility index (Phi) is 5.40. The van der Waals surface area contributed by atoms with Crippen LogP contribution >= 0.6 is 11.8 Å². The molecule has 1 N–H and O–H groups in total. The van der Waals surface area contributed by atoms with Crippen molar-refractivity contribution in [2.75, 3.05) is 5.32 Å². The molecule has 4 rings (SSSR count). The highest BCUT2D eigenvalue weighted by molar-refractivity contribution is 7.99. The largest absolute Gasteiger partial charge is 0.338 e. The van der Waals surface area contributed by atoms with Crippen molar-refractivity contribution in [1.29, 1.82) is 0 Å². The summed E-state index contributed by atoms with van der Waals surface area (Å²) in [4.78, 5) is 16.0. The van der Waals surface area contributed by atoms with Crippen LogP contribution in [0.4, 0.5) is 5.69 Å². The molecule has 1 aliphatic carbocycles. The first-order valence-electron chi connectivity index (χ1n) is 9.76. The highest BCUT2D eigenvalue weighted by Crippen LogP contribution is 2.43. The lowest BCUT2D eigenvalue weighted by molar-refractivity contribution is -0.114. The number of aromatic nitrogens is 5. The number of hydrogen-bond acceptors (Lipinski definition) is 7. The van der Waals surface area contributed by atoms with E-state index in [1.807, 2.05) is 45.0 Å². The van der Waals surface area contributed by atoms with Gasteiger partial charge in [0, 0.05) is 24.4 Å². The van der Waals surface area contributed by atoms with E-state index in [0.717, 1.165) is 35.2 Å². The summed E-state index contributed by atoms with van der Waals surface area (Å²) in [6.45, 7) is 7.59. The Balaban J connectivity index is 1.65. The number of benzene rings is 1. The second kappa shape index (κ2) is 7.98. The molecular formula is C20H24N6O2S. The average molecular weight is 413 g/mol. The van der Waals surface area contributed by atoms with Gasteiger partial charge in [-0.15, -0.1) is 10.2 Å². The summed E-state index contributed by atoms with van der Waals surface area (Å²) in [5.74, 6) is 2.77. The Morgan fingerprint density at radius 2 is 2.07 bits per heavy atom. The molecule has 9 heteroatoms.